The Labute approximate surface area is 157 Å². The summed E-state index contributed by atoms with van der Waals surface area (Å²) < 4.78 is 28.3. The molecule has 1 aliphatic rings. The molecule has 0 atom stereocenters. The number of likely N-dealkylation sites (N-methyl/N-ethyl adjacent to an activating group) is 1. The van der Waals surface area contributed by atoms with Crippen LogP contribution in [0.3, 0.4) is 0 Å². The second kappa shape index (κ2) is 7.86. The Bertz CT molecular complexity index is 799. The fourth-order valence-electron chi connectivity index (χ4n) is 2.77. The van der Waals surface area contributed by atoms with E-state index in [0.717, 1.165) is 37.2 Å². The van der Waals surface area contributed by atoms with Gasteiger partial charge in [0.1, 0.15) is 0 Å². The number of hydrogen-bond donors (Lipinski definition) is 1. The van der Waals surface area contributed by atoms with Gasteiger partial charge in [-0.3, -0.25) is 9.62 Å². The predicted molar refractivity (Wildman–Crippen MR) is 104 cm³/mol. The van der Waals surface area contributed by atoms with Crippen LogP contribution in [-0.2, 0) is 16.6 Å². The van der Waals surface area contributed by atoms with Gasteiger partial charge in [0, 0.05) is 42.9 Å². The van der Waals surface area contributed by atoms with Gasteiger partial charge in [-0.1, -0.05) is 28.1 Å². The molecule has 0 saturated carbocycles. The average Bonchev–Trinajstić information content (AvgIpc) is 2.59. The molecule has 134 valence electrons. The molecule has 0 amide bonds. The molecule has 1 N–H and O–H groups in total. The van der Waals surface area contributed by atoms with Crippen LogP contribution < -0.4 is 4.72 Å². The molecule has 3 rings (SSSR count). The molecule has 0 radical (unpaired) electrons. The number of benzene rings is 2. The molecule has 1 fully saturated rings. The van der Waals surface area contributed by atoms with Gasteiger partial charge in [0.2, 0.25) is 0 Å². The fourth-order valence-corrected chi connectivity index (χ4v) is 4.09. The molecule has 0 bridgehead atoms. The first kappa shape index (κ1) is 18.4. The van der Waals surface area contributed by atoms with Gasteiger partial charge in [0.05, 0.1) is 4.90 Å². The number of nitrogens with zero attached hydrogens (tertiary/aromatic N) is 2. The summed E-state index contributed by atoms with van der Waals surface area (Å²) in [5.41, 5.74) is 1.76. The van der Waals surface area contributed by atoms with Crippen molar-refractivity contribution in [3.8, 4) is 0 Å². The van der Waals surface area contributed by atoms with Gasteiger partial charge in [-0.15, -0.1) is 0 Å². The number of hydrogen-bond acceptors (Lipinski definition) is 4. The Kier molecular flexibility index (Phi) is 5.78. The van der Waals surface area contributed by atoms with Crippen molar-refractivity contribution in [3.63, 3.8) is 0 Å². The zero-order valence-corrected chi connectivity index (χ0v) is 16.6. The lowest BCUT2D eigenvalue weighted by atomic mass is 10.2. The van der Waals surface area contributed by atoms with Crippen LogP contribution >= 0.6 is 15.9 Å². The van der Waals surface area contributed by atoms with E-state index in [1.165, 1.54) is 5.56 Å². The molecule has 0 aliphatic carbocycles. The highest BCUT2D eigenvalue weighted by molar-refractivity contribution is 9.10. The first-order valence-corrected chi connectivity index (χ1v) is 10.5. The lowest BCUT2D eigenvalue weighted by molar-refractivity contribution is 0.148. The van der Waals surface area contributed by atoms with Gasteiger partial charge < -0.3 is 4.90 Å². The number of rotatable bonds is 5. The zero-order valence-electron chi connectivity index (χ0n) is 14.2. The molecule has 2 aromatic carbocycles. The summed E-state index contributed by atoms with van der Waals surface area (Å²) >= 11 is 3.31. The molecule has 25 heavy (non-hydrogen) atoms. The molecule has 0 aromatic heterocycles. The SMILES string of the molecule is CN1CCN(Cc2ccc(NS(=O)(=O)c3ccc(Br)cc3)cc2)CC1. The van der Waals surface area contributed by atoms with Gasteiger partial charge in [-0.05, 0) is 49.0 Å². The number of sulfonamides is 1. The highest BCUT2D eigenvalue weighted by atomic mass is 79.9. The van der Waals surface area contributed by atoms with Crippen LogP contribution in [0.1, 0.15) is 5.56 Å². The summed E-state index contributed by atoms with van der Waals surface area (Å²) in [6, 6.07) is 14.2. The summed E-state index contributed by atoms with van der Waals surface area (Å²) in [6.07, 6.45) is 0. The van der Waals surface area contributed by atoms with Crippen LogP contribution in [0.5, 0.6) is 0 Å². The lowest BCUT2D eigenvalue weighted by Crippen LogP contribution is -2.43. The average molecular weight is 424 g/mol. The third-order valence-corrected chi connectivity index (χ3v) is 6.26. The van der Waals surface area contributed by atoms with E-state index < -0.39 is 10.0 Å². The van der Waals surface area contributed by atoms with E-state index in [4.69, 9.17) is 0 Å². The van der Waals surface area contributed by atoms with Crippen LogP contribution in [0.2, 0.25) is 0 Å². The fraction of sp³-hybridized carbons (Fsp3) is 0.333. The topological polar surface area (TPSA) is 52.6 Å². The van der Waals surface area contributed by atoms with Crippen LogP contribution in [-0.4, -0.2) is 51.4 Å². The molecular formula is C18H22BrN3O2S. The maximum atomic E-state index is 12.4. The molecule has 2 aromatic rings. The van der Waals surface area contributed by atoms with E-state index in [2.05, 4.69) is 37.5 Å². The molecule has 5 nitrogen and oxygen atoms in total. The summed E-state index contributed by atoms with van der Waals surface area (Å²) in [6.45, 7) is 5.20. The second-order valence-corrected chi connectivity index (χ2v) is 8.93. The van der Waals surface area contributed by atoms with Crippen molar-refractivity contribution in [2.75, 3.05) is 37.9 Å². The number of halogens is 1. The highest BCUT2D eigenvalue weighted by Gasteiger charge is 2.15. The van der Waals surface area contributed by atoms with Gasteiger partial charge in [-0.25, -0.2) is 8.42 Å². The zero-order chi connectivity index (χ0) is 17.9. The van der Waals surface area contributed by atoms with Crippen LogP contribution in [0.4, 0.5) is 5.69 Å². The summed E-state index contributed by atoms with van der Waals surface area (Å²) in [5.74, 6) is 0. The van der Waals surface area contributed by atoms with Gasteiger partial charge in [0.15, 0.2) is 0 Å². The molecule has 0 spiro atoms. The van der Waals surface area contributed by atoms with E-state index >= 15 is 0 Å². The van der Waals surface area contributed by atoms with Crippen molar-refractivity contribution in [1.82, 2.24) is 9.80 Å². The monoisotopic (exact) mass is 423 g/mol. The van der Waals surface area contributed by atoms with E-state index in [1.54, 1.807) is 24.3 Å². The predicted octanol–water partition coefficient (Wildman–Crippen LogP) is 3.00. The Morgan fingerprint density at radius 1 is 0.960 bits per heavy atom. The number of nitrogens with one attached hydrogen (secondary N) is 1. The highest BCUT2D eigenvalue weighted by Crippen LogP contribution is 2.19. The number of piperazine rings is 1. The Balaban J connectivity index is 1.63. The summed E-state index contributed by atoms with van der Waals surface area (Å²) in [4.78, 5) is 4.99. The van der Waals surface area contributed by atoms with Crippen molar-refractivity contribution >= 4 is 31.6 Å². The second-order valence-electron chi connectivity index (χ2n) is 6.34. The normalized spacial score (nSPS) is 16.7. The van der Waals surface area contributed by atoms with Crippen molar-refractivity contribution in [1.29, 1.82) is 0 Å². The van der Waals surface area contributed by atoms with Crippen molar-refractivity contribution in [2.45, 2.75) is 11.4 Å². The van der Waals surface area contributed by atoms with E-state index in [0.29, 0.717) is 5.69 Å². The van der Waals surface area contributed by atoms with Crippen molar-refractivity contribution in [3.05, 3.63) is 58.6 Å². The van der Waals surface area contributed by atoms with Crippen LogP contribution in [0.25, 0.3) is 0 Å². The maximum Gasteiger partial charge on any atom is 0.261 e. The summed E-state index contributed by atoms with van der Waals surface area (Å²) in [5, 5.41) is 0. The van der Waals surface area contributed by atoms with Crippen molar-refractivity contribution < 1.29 is 8.42 Å². The molecule has 0 unspecified atom stereocenters. The van der Waals surface area contributed by atoms with E-state index in [9.17, 15) is 8.42 Å². The molecule has 1 aliphatic heterocycles. The van der Waals surface area contributed by atoms with Gasteiger partial charge >= 0.3 is 0 Å². The molecular weight excluding hydrogens is 402 g/mol. The third-order valence-electron chi connectivity index (χ3n) is 4.33. The minimum atomic E-state index is -3.56. The largest absolute Gasteiger partial charge is 0.304 e. The summed E-state index contributed by atoms with van der Waals surface area (Å²) in [7, 11) is -1.42. The first-order chi connectivity index (χ1) is 11.9. The van der Waals surface area contributed by atoms with Crippen molar-refractivity contribution in [2.24, 2.45) is 0 Å². The molecule has 7 heteroatoms. The molecule has 1 saturated heterocycles. The van der Waals surface area contributed by atoms with E-state index in [1.807, 2.05) is 24.3 Å². The number of anilines is 1. The minimum absolute atomic E-state index is 0.247. The Hall–Kier alpha value is -1.41. The molecule has 1 heterocycles. The van der Waals surface area contributed by atoms with E-state index in [-0.39, 0.29) is 4.90 Å². The standard InChI is InChI=1S/C18H22BrN3O2S/c1-21-10-12-22(13-11-21)14-15-2-6-17(7-3-15)20-25(23,24)18-8-4-16(19)5-9-18/h2-9,20H,10-14H2,1H3. The first-order valence-electron chi connectivity index (χ1n) is 8.21. The van der Waals surface area contributed by atoms with Crippen LogP contribution in [0, 0.1) is 0 Å². The lowest BCUT2D eigenvalue weighted by Gasteiger charge is -2.32. The quantitative estimate of drug-likeness (QED) is 0.802. The minimum Gasteiger partial charge on any atom is -0.304 e. The maximum absolute atomic E-state index is 12.4. The Morgan fingerprint density at radius 3 is 2.16 bits per heavy atom. The third kappa shape index (κ3) is 5.04. The smallest absolute Gasteiger partial charge is 0.261 e. The Morgan fingerprint density at radius 2 is 1.56 bits per heavy atom. The van der Waals surface area contributed by atoms with Crippen LogP contribution in [0.15, 0.2) is 57.9 Å². The van der Waals surface area contributed by atoms with Gasteiger partial charge in [0.25, 0.3) is 10.0 Å². The van der Waals surface area contributed by atoms with Gasteiger partial charge in [-0.2, -0.15) is 0 Å².